The first kappa shape index (κ1) is 13.2. The minimum atomic E-state index is -4.45. The van der Waals surface area contributed by atoms with Gasteiger partial charge >= 0.3 is 6.18 Å². The number of anilines is 1. The van der Waals surface area contributed by atoms with Crippen molar-refractivity contribution in [2.45, 2.75) is 12.7 Å². The van der Waals surface area contributed by atoms with E-state index >= 15 is 0 Å². The van der Waals surface area contributed by atoms with Crippen LogP contribution in [0.2, 0.25) is 5.02 Å². The molecule has 0 aliphatic rings. The van der Waals surface area contributed by atoms with Crippen LogP contribution in [-0.4, -0.2) is 4.98 Å². The number of rotatable bonds is 3. The monoisotopic (exact) mass is 292 g/mol. The molecule has 2 aromatic rings. The van der Waals surface area contributed by atoms with Gasteiger partial charge in [0, 0.05) is 16.8 Å². The third kappa shape index (κ3) is 3.14. The number of benzene rings is 1. The number of nitrogens with zero attached hydrogens (tertiary/aromatic N) is 1. The van der Waals surface area contributed by atoms with Gasteiger partial charge in [-0.3, -0.25) is 4.98 Å². The van der Waals surface area contributed by atoms with Gasteiger partial charge in [-0.2, -0.15) is 13.2 Å². The summed E-state index contributed by atoms with van der Waals surface area (Å²) in [5.74, 6) is 0. The van der Waals surface area contributed by atoms with E-state index < -0.39 is 11.7 Å². The molecule has 1 heterocycles. The summed E-state index contributed by atoms with van der Waals surface area (Å²) >= 11 is 6.96. The minimum Gasteiger partial charge on any atom is -0.380 e. The van der Waals surface area contributed by atoms with Gasteiger partial charge in [0.2, 0.25) is 0 Å². The largest absolute Gasteiger partial charge is 0.417 e. The molecule has 1 aromatic heterocycles. The Morgan fingerprint density at radius 1 is 1.33 bits per heavy atom. The second kappa shape index (κ2) is 5.16. The van der Waals surface area contributed by atoms with Gasteiger partial charge in [-0.15, -0.1) is 11.3 Å². The van der Waals surface area contributed by atoms with Crippen molar-refractivity contribution in [3.05, 3.63) is 45.4 Å². The highest BCUT2D eigenvalue weighted by atomic mass is 35.5. The maximum absolute atomic E-state index is 12.6. The first-order valence-corrected chi connectivity index (χ1v) is 6.20. The molecule has 18 heavy (non-hydrogen) atoms. The molecule has 0 bridgehead atoms. The van der Waals surface area contributed by atoms with Crippen molar-refractivity contribution >= 4 is 28.6 Å². The molecule has 0 radical (unpaired) electrons. The number of thiazole rings is 1. The average Bonchev–Trinajstić information content (AvgIpc) is 2.79. The van der Waals surface area contributed by atoms with Crippen LogP contribution >= 0.6 is 22.9 Å². The lowest BCUT2D eigenvalue weighted by atomic mass is 10.2. The number of hydrogen-bond acceptors (Lipinski definition) is 3. The fraction of sp³-hybridized carbons (Fsp3) is 0.182. The Hall–Kier alpha value is -1.27. The summed E-state index contributed by atoms with van der Waals surface area (Å²) in [7, 11) is 0. The summed E-state index contributed by atoms with van der Waals surface area (Å²) in [4.78, 5) is 4.83. The lowest BCUT2D eigenvalue weighted by Crippen LogP contribution is -2.07. The van der Waals surface area contributed by atoms with E-state index in [0.29, 0.717) is 12.2 Å². The molecule has 2 rings (SSSR count). The second-order valence-electron chi connectivity index (χ2n) is 3.51. The molecule has 7 heteroatoms. The maximum Gasteiger partial charge on any atom is 0.417 e. The Bertz CT molecular complexity index is 526. The third-order valence-electron chi connectivity index (χ3n) is 2.22. The van der Waals surface area contributed by atoms with Crippen LogP contribution in [0.25, 0.3) is 0 Å². The maximum atomic E-state index is 12.6. The van der Waals surface area contributed by atoms with E-state index in [1.807, 2.05) is 0 Å². The van der Waals surface area contributed by atoms with Gasteiger partial charge in [-0.1, -0.05) is 11.6 Å². The lowest BCUT2D eigenvalue weighted by Gasteiger charge is -2.11. The van der Waals surface area contributed by atoms with Crippen LogP contribution in [0.15, 0.2) is 29.9 Å². The quantitative estimate of drug-likeness (QED) is 0.905. The zero-order valence-electron chi connectivity index (χ0n) is 8.96. The Balaban J connectivity index is 2.15. The Morgan fingerprint density at radius 2 is 2.11 bits per heavy atom. The highest BCUT2D eigenvalue weighted by Gasteiger charge is 2.33. The van der Waals surface area contributed by atoms with Crippen LogP contribution in [0, 0.1) is 0 Å². The Morgan fingerprint density at radius 3 is 2.72 bits per heavy atom. The molecular weight excluding hydrogens is 285 g/mol. The van der Waals surface area contributed by atoms with Gasteiger partial charge in [0.1, 0.15) is 0 Å². The number of nitrogens with one attached hydrogen (secondary N) is 1. The van der Waals surface area contributed by atoms with Gasteiger partial charge in [0.05, 0.1) is 22.6 Å². The standard InChI is InChI=1S/C11H8ClF3N2S/c12-10-2-1-7(3-9(10)11(13,14)15)17-5-8-4-16-6-18-8/h1-4,6,17H,5H2. The lowest BCUT2D eigenvalue weighted by molar-refractivity contribution is -0.137. The van der Waals surface area contributed by atoms with E-state index in [9.17, 15) is 13.2 Å². The third-order valence-corrected chi connectivity index (χ3v) is 3.33. The molecule has 0 atom stereocenters. The topological polar surface area (TPSA) is 24.9 Å². The summed E-state index contributed by atoms with van der Waals surface area (Å²) in [6.07, 6.45) is -2.78. The van der Waals surface area contributed by atoms with Crippen LogP contribution in [-0.2, 0) is 12.7 Å². The van der Waals surface area contributed by atoms with Gasteiger partial charge in [-0.05, 0) is 18.2 Å². The summed E-state index contributed by atoms with van der Waals surface area (Å²) in [5, 5.41) is 2.60. The number of hydrogen-bond donors (Lipinski definition) is 1. The Kier molecular flexibility index (Phi) is 3.77. The van der Waals surface area contributed by atoms with Crippen LogP contribution in [0.1, 0.15) is 10.4 Å². The highest BCUT2D eigenvalue weighted by molar-refractivity contribution is 7.09. The number of halogens is 4. The molecule has 2 nitrogen and oxygen atoms in total. The molecule has 0 amide bonds. The fourth-order valence-electron chi connectivity index (χ4n) is 1.37. The average molecular weight is 293 g/mol. The molecular formula is C11H8ClF3N2S. The van der Waals surface area contributed by atoms with Crippen LogP contribution in [0.4, 0.5) is 18.9 Å². The number of alkyl halides is 3. The van der Waals surface area contributed by atoms with Gasteiger partial charge in [0.15, 0.2) is 0 Å². The van der Waals surface area contributed by atoms with Gasteiger partial charge in [0.25, 0.3) is 0 Å². The zero-order chi connectivity index (χ0) is 13.2. The smallest absolute Gasteiger partial charge is 0.380 e. The fourth-order valence-corrected chi connectivity index (χ4v) is 2.13. The number of aromatic nitrogens is 1. The van der Waals surface area contributed by atoms with E-state index in [1.165, 1.54) is 23.5 Å². The van der Waals surface area contributed by atoms with Crippen molar-refractivity contribution in [3.8, 4) is 0 Å². The first-order chi connectivity index (χ1) is 8.47. The van der Waals surface area contributed by atoms with E-state index in [0.717, 1.165) is 10.9 Å². The minimum absolute atomic E-state index is 0.300. The van der Waals surface area contributed by atoms with Gasteiger partial charge in [-0.25, -0.2) is 0 Å². The highest BCUT2D eigenvalue weighted by Crippen LogP contribution is 2.36. The van der Waals surface area contributed by atoms with Crippen LogP contribution in [0.3, 0.4) is 0 Å². The van der Waals surface area contributed by atoms with E-state index in [1.54, 1.807) is 11.7 Å². The molecule has 0 fully saturated rings. The molecule has 0 unspecified atom stereocenters. The van der Waals surface area contributed by atoms with Crippen molar-refractivity contribution in [2.75, 3.05) is 5.32 Å². The first-order valence-electron chi connectivity index (χ1n) is 4.95. The Labute approximate surface area is 110 Å². The van der Waals surface area contributed by atoms with Crippen molar-refractivity contribution in [2.24, 2.45) is 0 Å². The van der Waals surface area contributed by atoms with Gasteiger partial charge < -0.3 is 5.32 Å². The van der Waals surface area contributed by atoms with Crippen molar-refractivity contribution in [1.29, 1.82) is 0 Å². The zero-order valence-corrected chi connectivity index (χ0v) is 10.5. The summed E-state index contributed by atoms with van der Waals surface area (Å²) < 4.78 is 37.9. The van der Waals surface area contributed by atoms with E-state index in [4.69, 9.17) is 11.6 Å². The molecule has 0 saturated carbocycles. The predicted molar refractivity (Wildman–Crippen MR) is 65.9 cm³/mol. The molecule has 0 aliphatic carbocycles. The summed E-state index contributed by atoms with van der Waals surface area (Å²) in [6, 6.07) is 3.75. The van der Waals surface area contributed by atoms with Crippen LogP contribution < -0.4 is 5.32 Å². The molecule has 0 aliphatic heterocycles. The van der Waals surface area contributed by atoms with Crippen molar-refractivity contribution in [1.82, 2.24) is 4.98 Å². The second-order valence-corrected chi connectivity index (χ2v) is 4.89. The predicted octanol–water partition coefficient (Wildman–Crippen LogP) is 4.43. The molecule has 1 N–H and O–H groups in total. The summed E-state index contributed by atoms with van der Waals surface area (Å²) in [6.45, 7) is 0.434. The summed E-state index contributed by atoms with van der Waals surface area (Å²) in [5.41, 5.74) is 1.21. The van der Waals surface area contributed by atoms with Crippen LogP contribution in [0.5, 0.6) is 0 Å². The molecule has 96 valence electrons. The molecule has 0 saturated heterocycles. The molecule has 0 spiro atoms. The normalized spacial score (nSPS) is 11.6. The van der Waals surface area contributed by atoms with E-state index in [2.05, 4.69) is 10.3 Å². The van der Waals surface area contributed by atoms with E-state index in [-0.39, 0.29) is 5.02 Å². The van der Waals surface area contributed by atoms with Crippen molar-refractivity contribution in [3.63, 3.8) is 0 Å². The molecule has 1 aromatic carbocycles. The van der Waals surface area contributed by atoms with Crippen molar-refractivity contribution < 1.29 is 13.2 Å². The SMILES string of the molecule is FC(F)(F)c1cc(NCc2cncs2)ccc1Cl.